The minimum absolute atomic E-state index is 0.0550. The Kier molecular flexibility index (Phi) is 4.35. The Labute approximate surface area is 121 Å². The fraction of sp³-hybridized carbons (Fsp3) is 0.0909. The van der Waals surface area contributed by atoms with Gasteiger partial charge in [-0.15, -0.1) is 11.3 Å². The lowest BCUT2D eigenvalue weighted by Gasteiger charge is -2.08. The van der Waals surface area contributed by atoms with Crippen LogP contribution in [0.1, 0.15) is 4.88 Å². The van der Waals surface area contributed by atoms with Gasteiger partial charge in [-0.3, -0.25) is 16.0 Å². The lowest BCUT2D eigenvalue weighted by Crippen LogP contribution is -2.10. The van der Waals surface area contributed by atoms with Gasteiger partial charge >= 0.3 is 5.69 Å². The van der Waals surface area contributed by atoms with E-state index >= 15 is 0 Å². The summed E-state index contributed by atoms with van der Waals surface area (Å²) in [7, 11) is 0. The molecule has 100 valence electrons. The second-order valence-corrected chi connectivity index (χ2v) is 6.21. The number of nitro groups is 1. The van der Waals surface area contributed by atoms with Crippen molar-refractivity contribution < 1.29 is 4.92 Å². The van der Waals surface area contributed by atoms with E-state index in [1.807, 2.05) is 12.1 Å². The molecule has 0 saturated heterocycles. The highest BCUT2D eigenvalue weighted by atomic mass is 79.9. The van der Waals surface area contributed by atoms with Gasteiger partial charge < -0.3 is 10.7 Å². The van der Waals surface area contributed by atoms with Crippen molar-refractivity contribution in [2.45, 2.75) is 6.54 Å². The predicted octanol–water partition coefficient (Wildman–Crippen LogP) is 3.32. The highest BCUT2D eigenvalue weighted by Gasteiger charge is 2.18. The van der Waals surface area contributed by atoms with Crippen molar-refractivity contribution in [3.63, 3.8) is 0 Å². The van der Waals surface area contributed by atoms with E-state index in [9.17, 15) is 10.1 Å². The van der Waals surface area contributed by atoms with Gasteiger partial charge in [0.2, 0.25) is 0 Å². The first kappa shape index (κ1) is 13.8. The Morgan fingerprint density at radius 1 is 1.32 bits per heavy atom. The number of nitro benzene ring substituents is 1. The molecule has 4 N–H and O–H groups in total. The van der Waals surface area contributed by atoms with Crippen molar-refractivity contribution in [3.05, 3.63) is 49.1 Å². The number of nitrogen functional groups attached to an aromatic ring is 1. The second-order valence-electron chi connectivity index (χ2n) is 3.66. The normalized spacial score (nSPS) is 10.2. The zero-order valence-electron chi connectivity index (χ0n) is 9.72. The van der Waals surface area contributed by atoms with Crippen molar-refractivity contribution in [3.8, 4) is 0 Å². The lowest BCUT2D eigenvalue weighted by molar-refractivity contribution is -0.383. The van der Waals surface area contributed by atoms with Crippen LogP contribution in [0.2, 0.25) is 0 Å². The summed E-state index contributed by atoms with van der Waals surface area (Å²) in [4.78, 5) is 11.7. The van der Waals surface area contributed by atoms with E-state index < -0.39 is 4.92 Å². The molecule has 0 aliphatic carbocycles. The molecule has 1 aromatic carbocycles. The second kappa shape index (κ2) is 6.00. The highest BCUT2D eigenvalue weighted by molar-refractivity contribution is 9.11. The molecular weight excluding hydrogens is 332 g/mol. The minimum Gasteiger partial charge on any atom is -0.375 e. The fourth-order valence-corrected chi connectivity index (χ4v) is 3.05. The van der Waals surface area contributed by atoms with Gasteiger partial charge in [0.15, 0.2) is 0 Å². The van der Waals surface area contributed by atoms with Crippen LogP contribution in [0.5, 0.6) is 0 Å². The van der Waals surface area contributed by atoms with Gasteiger partial charge in [-0.25, -0.2) is 0 Å². The molecule has 2 rings (SSSR count). The Balaban J connectivity index is 2.22. The summed E-state index contributed by atoms with van der Waals surface area (Å²) in [5.74, 6) is 5.28. The first-order valence-corrected chi connectivity index (χ1v) is 6.95. The lowest BCUT2D eigenvalue weighted by atomic mass is 10.2. The number of hydrogen-bond donors (Lipinski definition) is 3. The van der Waals surface area contributed by atoms with Crippen LogP contribution < -0.4 is 16.6 Å². The van der Waals surface area contributed by atoms with Gasteiger partial charge in [-0.1, -0.05) is 6.07 Å². The average molecular weight is 343 g/mol. The van der Waals surface area contributed by atoms with Crippen LogP contribution in [-0.4, -0.2) is 4.92 Å². The number of halogens is 1. The zero-order chi connectivity index (χ0) is 13.8. The number of anilines is 2. The highest BCUT2D eigenvalue weighted by Crippen LogP contribution is 2.33. The van der Waals surface area contributed by atoms with E-state index in [0.29, 0.717) is 12.2 Å². The van der Waals surface area contributed by atoms with E-state index in [1.54, 1.807) is 29.5 Å². The molecule has 8 heteroatoms. The molecule has 0 spiro atoms. The maximum Gasteiger partial charge on any atom is 0.316 e. The molecule has 0 aliphatic rings. The number of nitrogens with zero attached hydrogens (tertiary/aromatic N) is 1. The van der Waals surface area contributed by atoms with Gasteiger partial charge in [-0.2, -0.15) is 0 Å². The van der Waals surface area contributed by atoms with Gasteiger partial charge in [-0.05, 0) is 40.2 Å². The summed E-state index contributed by atoms with van der Waals surface area (Å²) >= 11 is 4.95. The largest absolute Gasteiger partial charge is 0.375 e. The van der Waals surface area contributed by atoms with Crippen molar-refractivity contribution in [2.24, 2.45) is 5.84 Å². The van der Waals surface area contributed by atoms with E-state index in [4.69, 9.17) is 5.84 Å². The number of benzene rings is 1. The molecule has 0 atom stereocenters. The molecule has 1 heterocycles. The number of nitrogens with one attached hydrogen (secondary N) is 2. The van der Waals surface area contributed by atoms with Gasteiger partial charge in [0.25, 0.3) is 0 Å². The Hall–Kier alpha value is -1.64. The number of rotatable bonds is 5. The predicted molar refractivity (Wildman–Crippen MR) is 80.3 cm³/mol. The van der Waals surface area contributed by atoms with Crippen LogP contribution in [0.15, 0.2) is 34.1 Å². The first-order valence-electron chi connectivity index (χ1n) is 5.34. The number of para-hydroxylation sites is 1. The van der Waals surface area contributed by atoms with Crippen LogP contribution in [0.3, 0.4) is 0 Å². The number of nitrogens with two attached hydrogens (primary N) is 1. The average Bonchev–Trinajstić information content (AvgIpc) is 2.81. The fourth-order valence-electron chi connectivity index (χ4n) is 1.63. The quantitative estimate of drug-likeness (QED) is 0.440. The molecule has 6 nitrogen and oxygen atoms in total. The Morgan fingerprint density at radius 3 is 2.63 bits per heavy atom. The van der Waals surface area contributed by atoms with Gasteiger partial charge in [0.1, 0.15) is 11.4 Å². The number of hydrogen-bond acceptors (Lipinski definition) is 6. The van der Waals surface area contributed by atoms with E-state index in [-0.39, 0.29) is 11.4 Å². The maximum atomic E-state index is 11.1. The van der Waals surface area contributed by atoms with E-state index in [1.165, 1.54) is 0 Å². The standard InChI is InChI=1S/C11H11BrN4O2S/c12-10-5-4-7(19-10)6-14-8-2-1-3-9(15-13)11(8)16(17)18/h1-5,14-15H,6,13H2. The van der Waals surface area contributed by atoms with E-state index in [2.05, 4.69) is 26.7 Å². The first-order chi connectivity index (χ1) is 9.11. The van der Waals surface area contributed by atoms with Crippen LogP contribution in [-0.2, 0) is 6.54 Å². The third-order valence-corrected chi connectivity index (χ3v) is 4.08. The summed E-state index contributed by atoms with van der Waals surface area (Å²) in [5, 5.41) is 14.1. The third-order valence-electron chi connectivity index (χ3n) is 2.46. The molecule has 2 aromatic rings. The minimum atomic E-state index is -0.456. The molecule has 0 saturated carbocycles. The Bertz CT molecular complexity index is 602. The van der Waals surface area contributed by atoms with Crippen LogP contribution in [0.25, 0.3) is 0 Å². The van der Waals surface area contributed by atoms with Crippen LogP contribution >= 0.6 is 27.3 Å². The third kappa shape index (κ3) is 3.22. The van der Waals surface area contributed by atoms with Gasteiger partial charge in [0.05, 0.1) is 8.71 Å². The zero-order valence-corrected chi connectivity index (χ0v) is 12.1. The van der Waals surface area contributed by atoms with Crippen molar-refractivity contribution in [1.29, 1.82) is 0 Å². The molecule has 0 radical (unpaired) electrons. The van der Waals surface area contributed by atoms with Crippen molar-refractivity contribution in [2.75, 3.05) is 10.7 Å². The molecular formula is C11H11BrN4O2S. The summed E-state index contributed by atoms with van der Waals surface area (Å²) in [6.45, 7) is 0.519. The van der Waals surface area contributed by atoms with Crippen LogP contribution in [0, 0.1) is 10.1 Å². The van der Waals surface area contributed by atoms with Crippen molar-refractivity contribution in [1.82, 2.24) is 0 Å². The Morgan fingerprint density at radius 2 is 2.05 bits per heavy atom. The molecule has 0 unspecified atom stereocenters. The maximum absolute atomic E-state index is 11.1. The number of hydrazine groups is 1. The molecule has 0 bridgehead atoms. The summed E-state index contributed by atoms with van der Waals surface area (Å²) in [6, 6.07) is 8.81. The smallest absolute Gasteiger partial charge is 0.316 e. The topological polar surface area (TPSA) is 93.2 Å². The van der Waals surface area contributed by atoms with Crippen molar-refractivity contribution >= 4 is 44.3 Å². The summed E-state index contributed by atoms with van der Waals surface area (Å²) in [5.41, 5.74) is 2.99. The summed E-state index contributed by atoms with van der Waals surface area (Å²) in [6.07, 6.45) is 0. The molecule has 1 aromatic heterocycles. The van der Waals surface area contributed by atoms with E-state index in [0.717, 1.165) is 8.66 Å². The number of thiophene rings is 1. The molecule has 0 aliphatic heterocycles. The molecule has 19 heavy (non-hydrogen) atoms. The molecule has 0 fully saturated rings. The monoisotopic (exact) mass is 342 g/mol. The SMILES string of the molecule is NNc1cccc(NCc2ccc(Br)s2)c1[N+](=O)[O-]. The van der Waals surface area contributed by atoms with Gasteiger partial charge in [0, 0.05) is 11.4 Å². The van der Waals surface area contributed by atoms with Crippen LogP contribution in [0.4, 0.5) is 17.1 Å². The molecule has 0 amide bonds. The summed E-state index contributed by atoms with van der Waals surface area (Å²) < 4.78 is 1.02.